The van der Waals surface area contributed by atoms with Crippen LogP contribution in [-0.2, 0) is 0 Å². The van der Waals surface area contributed by atoms with Crippen molar-refractivity contribution in [1.82, 2.24) is 9.80 Å². The van der Waals surface area contributed by atoms with Crippen molar-refractivity contribution in [1.29, 1.82) is 0 Å². The largest absolute Gasteiger partial charge is 0.370 e. The van der Waals surface area contributed by atoms with Crippen LogP contribution in [0.15, 0.2) is 4.99 Å². The third-order valence-electron chi connectivity index (χ3n) is 5.18. The fraction of sp³-hybridized carbons (Fsp3) is 0.941. The van der Waals surface area contributed by atoms with Crippen molar-refractivity contribution in [3.8, 4) is 0 Å². The number of hydrogen-bond donors (Lipinski definition) is 1. The summed E-state index contributed by atoms with van der Waals surface area (Å²) in [4.78, 5) is 9.47. The first-order chi connectivity index (χ1) is 10.2. The van der Waals surface area contributed by atoms with Gasteiger partial charge >= 0.3 is 0 Å². The predicted octanol–water partition coefficient (Wildman–Crippen LogP) is 3.31. The SMILES string of the molecule is CC1CCN(C(N)=NCCCCN2CCCCC2C)CC1.I. The van der Waals surface area contributed by atoms with Crippen LogP contribution in [0.5, 0.6) is 0 Å². The Bertz CT molecular complexity index is 327. The number of guanidine groups is 1. The summed E-state index contributed by atoms with van der Waals surface area (Å²) in [6.07, 6.45) is 9.08. The van der Waals surface area contributed by atoms with Crippen molar-refractivity contribution < 1.29 is 0 Å². The molecule has 130 valence electrons. The van der Waals surface area contributed by atoms with Gasteiger partial charge in [0.25, 0.3) is 0 Å². The van der Waals surface area contributed by atoms with Crippen LogP contribution >= 0.6 is 24.0 Å². The molecule has 0 bridgehead atoms. The molecule has 2 heterocycles. The predicted molar refractivity (Wildman–Crippen MR) is 106 cm³/mol. The molecular formula is C17H35IN4. The Morgan fingerprint density at radius 2 is 1.77 bits per heavy atom. The van der Waals surface area contributed by atoms with Crippen molar-refractivity contribution in [2.45, 2.75) is 64.8 Å². The summed E-state index contributed by atoms with van der Waals surface area (Å²) in [7, 11) is 0. The highest BCUT2D eigenvalue weighted by Crippen LogP contribution is 2.17. The Morgan fingerprint density at radius 1 is 1.05 bits per heavy atom. The van der Waals surface area contributed by atoms with E-state index in [0.717, 1.165) is 44.0 Å². The Hall–Kier alpha value is -0.0400. The van der Waals surface area contributed by atoms with E-state index in [-0.39, 0.29) is 24.0 Å². The molecule has 0 saturated carbocycles. The van der Waals surface area contributed by atoms with E-state index in [9.17, 15) is 0 Å². The Balaban J connectivity index is 0.00000242. The van der Waals surface area contributed by atoms with Gasteiger partial charge in [0.2, 0.25) is 0 Å². The molecule has 0 radical (unpaired) electrons. The van der Waals surface area contributed by atoms with Crippen LogP contribution in [0.25, 0.3) is 0 Å². The van der Waals surface area contributed by atoms with E-state index in [0.29, 0.717) is 0 Å². The minimum atomic E-state index is 0. The normalized spacial score (nSPS) is 25.1. The summed E-state index contributed by atoms with van der Waals surface area (Å²) >= 11 is 0. The quantitative estimate of drug-likeness (QED) is 0.320. The number of rotatable bonds is 5. The fourth-order valence-electron chi connectivity index (χ4n) is 3.45. The number of aliphatic imine (C=N–C) groups is 1. The molecule has 2 saturated heterocycles. The van der Waals surface area contributed by atoms with E-state index in [2.05, 4.69) is 28.6 Å². The van der Waals surface area contributed by atoms with Crippen molar-refractivity contribution in [3.05, 3.63) is 0 Å². The molecule has 0 aliphatic carbocycles. The molecule has 5 heteroatoms. The number of piperidine rings is 2. The molecule has 0 spiro atoms. The third-order valence-corrected chi connectivity index (χ3v) is 5.18. The molecule has 2 fully saturated rings. The van der Waals surface area contributed by atoms with Crippen LogP contribution in [0.2, 0.25) is 0 Å². The van der Waals surface area contributed by atoms with Gasteiger partial charge in [0, 0.05) is 25.7 Å². The zero-order valence-electron chi connectivity index (χ0n) is 14.5. The average molecular weight is 422 g/mol. The van der Waals surface area contributed by atoms with Crippen LogP contribution in [-0.4, -0.2) is 54.5 Å². The number of nitrogens with zero attached hydrogens (tertiary/aromatic N) is 3. The summed E-state index contributed by atoms with van der Waals surface area (Å²) < 4.78 is 0. The molecule has 0 aromatic rings. The van der Waals surface area contributed by atoms with Gasteiger partial charge in [-0.1, -0.05) is 13.3 Å². The molecule has 2 aliphatic heterocycles. The second kappa shape index (κ2) is 10.7. The molecule has 0 aromatic carbocycles. The van der Waals surface area contributed by atoms with Crippen LogP contribution in [0.1, 0.15) is 58.8 Å². The fourth-order valence-corrected chi connectivity index (χ4v) is 3.45. The minimum absolute atomic E-state index is 0. The van der Waals surface area contributed by atoms with Gasteiger partial charge in [0.1, 0.15) is 0 Å². The molecule has 22 heavy (non-hydrogen) atoms. The molecule has 2 rings (SSSR count). The van der Waals surface area contributed by atoms with Crippen LogP contribution in [0.3, 0.4) is 0 Å². The van der Waals surface area contributed by atoms with Crippen molar-refractivity contribution in [3.63, 3.8) is 0 Å². The van der Waals surface area contributed by atoms with Gasteiger partial charge in [0.05, 0.1) is 0 Å². The summed E-state index contributed by atoms with van der Waals surface area (Å²) in [5, 5.41) is 0. The van der Waals surface area contributed by atoms with Crippen molar-refractivity contribution in [2.24, 2.45) is 16.6 Å². The van der Waals surface area contributed by atoms with E-state index >= 15 is 0 Å². The lowest BCUT2D eigenvalue weighted by Crippen LogP contribution is -2.42. The maximum absolute atomic E-state index is 6.11. The lowest BCUT2D eigenvalue weighted by atomic mass is 10.00. The molecule has 4 nitrogen and oxygen atoms in total. The highest BCUT2D eigenvalue weighted by molar-refractivity contribution is 14.0. The van der Waals surface area contributed by atoms with Crippen LogP contribution in [0, 0.1) is 5.92 Å². The number of hydrogen-bond acceptors (Lipinski definition) is 2. The summed E-state index contributed by atoms with van der Waals surface area (Å²) in [6, 6.07) is 0.780. The topological polar surface area (TPSA) is 44.9 Å². The van der Waals surface area contributed by atoms with Gasteiger partial charge in [-0.05, 0) is 64.5 Å². The van der Waals surface area contributed by atoms with Gasteiger partial charge in [-0.2, -0.15) is 0 Å². The van der Waals surface area contributed by atoms with Gasteiger partial charge < -0.3 is 15.5 Å². The van der Waals surface area contributed by atoms with Gasteiger partial charge in [-0.25, -0.2) is 0 Å². The first-order valence-electron chi connectivity index (χ1n) is 8.95. The smallest absolute Gasteiger partial charge is 0.191 e. The highest BCUT2D eigenvalue weighted by Gasteiger charge is 2.18. The molecule has 0 amide bonds. The summed E-state index contributed by atoms with van der Waals surface area (Å²) in [5.74, 6) is 1.62. The van der Waals surface area contributed by atoms with Gasteiger partial charge in [-0.3, -0.25) is 4.99 Å². The number of likely N-dealkylation sites (tertiary alicyclic amines) is 2. The van der Waals surface area contributed by atoms with E-state index in [4.69, 9.17) is 5.73 Å². The zero-order chi connectivity index (χ0) is 15.1. The molecule has 2 aliphatic rings. The third kappa shape index (κ3) is 6.60. The van der Waals surface area contributed by atoms with Crippen molar-refractivity contribution >= 4 is 29.9 Å². The zero-order valence-corrected chi connectivity index (χ0v) is 16.8. The monoisotopic (exact) mass is 422 g/mol. The number of nitrogens with two attached hydrogens (primary N) is 1. The maximum atomic E-state index is 6.11. The second-order valence-electron chi connectivity index (χ2n) is 7.00. The average Bonchev–Trinajstić information content (AvgIpc) is 2.49. The van der Waals surface area contributed by atoms with Gasteiger partial charge in [0.15, 0.2) is 5.96 Å². The first-order valence-corrected chi connectivity index (χ1v) is 8.95. The molecular weight excluding hydrogens is 387 g/mol. The lowest BCUT2D eigenvalue weighted by Gasteiger charge is -2.33. The number of halogens is 1. The lowest BCUT2D eigenvalue weighted by molar-refractivity contribution is 0.158. The van der Waals surface area contributed by atoms with Gasteiger partial charge in [-0.15, -0.1) is 24.0 Å². The Morgan fingerprint density at radius 3 is 2.45 bits per heavy atom. The second-order valence-corrected chi connectivity index (χ2v) is 7.00. The minimum Gasteiger partial charge on any atom is -0.370 e. The van der Waals surface area contributed by atoms with E-state index in [1.165, 1.54) is 51.6 Å². The van der Waals surface area contributed by atoms with E-state index in [1.54, 1.807) is 0 Å². The van der Waals surface area contributed by atoms with Crippen molar-refractivity contribution in [2.75, 3.05) is 32.7 Å². The molecule has 1 atom stereocenters. The van der Waals surface area contributed by atoms with E-state index in [1.807, 2.05) is 0 Å². The number of unbranched alkanes of at least 4 members (excludes halogenated alkanes) is 1. The van der Waals surface area contributed by atoms with E-state index < -0.39 is 0 Å². The standard InChI is InChI=1S/C17H34N4.HI/c1-15-8-13-21(14-9-15)17(18)19-10-4-6-12-20-11-5-3-7-16(20)2;/h15-16H,3-14H2,1-2H3,(H2,18,19);1H. The molecule has 2 N–H and O–H groups in total. The van der Waals surface area contributed by atoms with Crippen LogP contribution < -0.4 is 5.73 Å². The highest BCUT2D eigenvalue weighted by atomic mass is 127. The Kier molecular flexibility index (Phi) is 9.71. The summed E-state index contributed by atoms with van der Waals surface area (Å²) in [6.45, 7) is 10.3. The van der Waals surface area contributed by atoms with Crippen LogP contribution in [0.4, 0.5) is 0 Å². The maximum Gasteiger partial charge on any atom is 0.191 e. The first kappa shape index (κ1) is 20.0. The molecule has 0 aromatic heterocycles. The molecule has 1 unspecified atom stereocenters. The Labute approximate surface area is 153 Å². The summed E-state index contributed by atoms with van der Waals surface area (Å²) in [5.41, 5.74) is 6.11.